The first kappa shape index (κ1) is 20.3. The maximum Gasteiger partial charge on any atom is 0.298 e. The van der Waals surface area contributed by atoms with E-state index in [1.165, 1.54) is 6.08 Å². The van der Waals surface area contributed by atoms with E-state index >= 15 is 0 Å². The number of imide groups is 1. The van der Waals surface area contributed by atoms with Gasteiger partial charge in [-0.05, 0) is 66.5 Å². The maximum atomic E-state index is 13.0. The fourth-order valence-electron chi connectivity index (χ4n) is 3.00. The summed E-state index contributed by atoms with van der Waals surface area (Å²) >= 11 is 11.7. The Morgan fingerprint density at radius 2 is 1.57 bits per heavy atom. The number of rotatable bonds is 3. The lowest BCUT2D eigenvalue weighted by Crippen LogP contribution is -2.57. The number of amides is 4. The van der Waals surface area contributed by atoms with Gasteiger partial charge in [0.05, 0.1) is 16.3 Å². The number of hydrogen-bond donors (Lipinski definition) is 1. The molecule has 30 heavy (non-hydrogen) atoms. The van der Waals surface area contributed by atoms with E-state index in [-0.39, 0.29) is 10.0 Å². The predicted molar refractivity (Wildman–Crippen MR) is 118 cm³/mol. The molecular weight excluding hydrogens is 446 g/mol. The number of carbonyl (C=O) groups excluding carboxylic acids is 4. The second-order valence-corrected chi connectivity index (χ2v) is 8.11. The quantitative estimate of drug-likeness (QED) is 0.431. The number of halogens is 1. The van der Waals surface area contributed by atoms with Crippen molar-refractivity contribution < 1.29 is 19.2 Å². The number of nitrogens with zero attached hydrogens (tertiary/aromatic N) is 2. The van der Waals surface area contributed by atoms with Crippen LogP contribution in [0.3, 0.4) is 0 Å². The molecule has 1 N–H and O–H groups in total. The summed E-state index contributed by atoms with van der Waals surface area (Å²) in [6.45, 7) is 0. The van der Waals surface area contributed by atoms with E-state index in [1.807, 2.05) is 0 Å². The zero-order valence-corrected chi connectivity index (χ0v) is 17.5. The van der Waals surface area contributed by atoms with Crippen molar-refractivity contribution in [3.8, 4) is 0 Å². The molecule has 2 aliphatic rings. The Balaban J connectivity index is 1.65. The summed E-state index contributed by atoms with van der Waals surface area (Å²) < 4.78 is 0. The number of anilines is 2. The van der Waals surface area contributed by atoms with Gasteiger partial charge in [0, 0.05) is 5.02 Å². The molecule has 2 heterocycles. The molecule has 0 radical (unpaired) electrons. The molecule has 2 aromatic rings. The van der Waals surface area contributed by atoms with Gasteiger partial charge in [-0.25, -0.2) is 4.90 Å². The molecule has 150 valence electrons. The Hall–Kier alpha value is -3.01. The highest BCUT2D eigenvalue weighted by Crippen LogP contribution is 2.36. The molecule has 0 spiro atoms. The van der Waals surface area contributed by atoms with Crippen LogP contribution in [0.25, 0.3) is 0 Å². The first-order chi connectivity index (χ1) is 14.4. The summed E-state index contributed by atoms with van der Waals surface area (Å²) in [6.07, 6.45) is 1.20. The smallest absolute Gasteiger partial charge is 0.298 e. The lowest BCUT2D eigenvalue weighted by atomic mass is 10.0. The van der Waals surface area contributed by atoms with Crippen molar-refractivity contribution in [1.29, 1.82) is 0 Å². The minimum atomic E-state index is -1.32. The average molecular weight is 458 g/mol. The highest BCUT2D eigenvalue weighted by molar-refractivity contribution is 8.18. The summed E-state index contributed by atoms with van der Waals surface area (Å²) in [5.41, 5.74) is 0.831. The van der Waals surface area contributed by atoms with E-state index in [0.717, 1.165) is 9.80 Å². The molecule has 2 aliphatic heterocycles. The Labute approximate surface area is 185 Å². The van der Waals surface area contributed by atoms with Gasteiger partial charge in [0.25, 0.3) is 11.1 Å². The molecule has 2 fully saturated rings. The van der Waals surface area contributed by atoms with Crippen molar-refractivity contribution in [2.24, 2.45) is 5.92 Å². The summed E-state index contributed by atoms with van der Waals surface area (Å²) in [5, 5.41) is 2.36. The van der Waals surface area contributed by atoms with Gasteiger partial charge in [-0.15, -0.1) is 0 Å². The third-order valence-corrected chi connectivity index (χ3v) is 5.84. The van der Waals surface area contributed by atoms with Crippen LogP contribution in [0.1, 0.15) is 0 Å². The largest absolute Gasteiger partial charge is 0.301 e. The minimum Gasteiger partial charge on any atom is -0.301 e. The van der Waals surface area contributed by atoms with Gasteiger partial charge in [-0.3, -0.25) is 24.1 Å². The van der Waals surface area contributed by atoms with Crippen molar-refractivity contribution in [2.45, 2.75) is 0 Å². The van der Waals surface area contributed by atoms with Gasteiger partial charge in [0.15, 0.2) is 5.11 Å². The number of para-hydroxylation sites is 1. The normalized spacial score (nSPS) is 20.9. The number of benzene rings is 2. The fraction of sp³-hybridized carbons (Fsp3) is 0.0500. The number of thioether (sulfide) groups is 1. The summed E-state index contributed by atoms with van der Waals surface area (Å²) in [4.78, 5) is 52.8. The van der Waals surface area contributed by atoms with Crippen LogP contribution < -0.4 is 15.1 Å². The van der Waals surface area contributed by atoms with E-state index in [9.17, 15) is 19.2 Å². The topological polar surface area (TPSA) is 86.8 Å². The number of thiocarbonyl (C=S) groups is 1. The molecule has 0 unspecified atom stereocenters. The summed E-state index contributed by atoms with van der Waals surface area (Å²) in [7, 11) is 0. The van der Waals surface area contributed by atoms with Gasteiger partial charge >= 0.3 is 0 Å². The average Bonchev–Trinajstić information content (AvgIpc) is 3.00. The molecule has 10 heteroatoms. The van der Waals surface area contributed by atoms with Crippen LogP contribution in [0.5, 0.6) is 0 Å². The van der Waals surface area contributed by atoms with E-state index in [0.29, 0.717) is 28.2 Å². The predicted octanol–water partition coefficient (Wildman–Crippen LogP) is 3.49. The van der Waals surface area contributed by atoms with Crippen LogP contribution in [-0.2, 0) is 14.4 Å². The lowest BCUT2D eigenvalue weighted by Gasteiger charge is -2.31. The standard InChI is InChI=1S/C20H12ClN3O4S2/c21-11-6-8-13(9-7-11)23-17(26)14(16(25)22-19(23)29)10-15-18(27)24(20(28)30-15)12-4-2-1-3-5-12/h1-10,14H,(H,22,25,29)/b15-10-/t14-/m0/s1. The van der Waals surface area contributed by atoms with E-state index in [1.54, 1.807) is 54.6 Å². The van der Waals surface area contributed by atoms with Crippen LogP contribution in [0.2, 0.25) is 5.02 Å². The Kier molecular flexibility index (Phi) is 5.42. The van der Waals surface area contributed by atoms with E-state index < -0.39 is 28.9 Å². The van der Waals surface area contributed by atoms with Gasteiger partial charge in [0.2, 0.25) is 11.8 Å². The fourth-order valence-corrected chi connectivity index (χ4v) is 4.28. The molecule has 4 amide bonds. The summed E-state index contributed by atoms with van der Waals surface area (Å²) in [6, 6.07) is 14.8. The Bertz CT molecular complexity index is 1120. The first-order valence-corrected chi connectivity index (χ1v) is 10.2. The highest BCUT2D eigenvalue weighted by Gasteiger charge is 2.42. The zero-order valence-electron chi connectivity index (χ0n) is 15.1. The van der Waals surface area contributed by atoms with Crippen LogP contribution in [-0.4, -0.2) is 28.1 Å². The van der Waals surface area contributed by atoms with Gasteiger partial charge in [0.1, 0.15) is 5.92 Å². The molecule has 1 atom stereocenters. The van der Waals surface area contributed by atoms with Crippen molar-refractivity contribution in [3.05, 3.63) is 70.6 Å². The third-order valence-electron chi connectivity index (χ3n) is 4.41. The van der Waals surface area contributed by atoms with Gasteiger partial charge < -0.3 is 5.32 Å². The lowest BCUT2D eigenvalue weighted by molar-refractivity contribution is -0.131. The van der Waals surface area contributed by atoms with Crippen molar-refractivity contribution in [3.63, 3.8) is 0 Å². The molecule has 0 aromatic heterocycles. The second kappa shape index (κ2) is 8.02. The Morgan fingerprint density at radius 3 is 2.23 bits per heavy atom. The summed E-state index contributed by atoms with van der Waals surface area (Å²) in [5.74, 6) is -3.20. The molecule has 0 saturated carbocycles. The highest BCUT2D eigenvalue weighted by atomic mass is 35.5. The second-order valence-electron chi connectivity index (χ2n) is 6.30. The van der Waals surface area contributed by atoms with Crippen molar-refractivity contribution in [1.82, 2.24) is 5.32 Å². The molecule has 2 aromatic carbocycles. The maximum absolute atomic E-state index is 13.0. The SMILES string of the molecule is O=C1NC(=S)N(c2ccc(Cl)cc2)C(=O)[C@H]1/C=C1\SC(=O)N(c2ccccc2)C1=O. The van der Waals surface area contributed by atoms with Crippen molar-refractivity contribution >= 4 is 75.0 Å². The van der Waals surface area contributed by atoms with Crippen LogP contribution in [0.4, 0.5) is 16.2 Å². The first-order valence-electron chi connectivity index (χ1n) is 8.64. The molecule has 0 bridgehead atoms. The number of nitrogens with one attached hydrogen (secondary N) is 1. The van der Waals surface area contributed by atoms with Crippen LogP contribution in [0.15, 0.2) is 65.6 Å². The third kappa shape index (κ3) is 3.62. The molecule has 2 saturated heterocycles. The zero-order chi connectivity index (χ0) is 21.4. The van der Waals surface area contributed by atoms with Gasteiger partial charge in [-0.1, -0.05) is 29.8 Å². The van der Waals surface area contributed by atoms with E-state index in [4.69, 9.17) is 23.8 Å². The molecular formula is C20H12ClN3O4S2. The Morgan fingerprint density at radius 1 is 0.933 bits per heavy atom. The molecule has 4 rings (SSSR count). The number of hydrogen-bond acceptors (Lipinski definition) is 6. The van der Waals surface area contributed by atoms with Crippen LogP contribution >= 0.6 is 35.6 Å². The van der Waals surface area contributed by atoms with Crippen molar-refractivity contribution in [2.75, 3.05) is 9.80 Å². The van der Waals surface area contributed by atoms with E-state index in [2.05, 4.69) is 5.32 Å². The van der Waals surface area contributed by atoms with Gasteiger partial charge in [-0.2, -0.15) is 0 Å². The molecule has 7 nitrogen and oxygen atoms in total. The van der Waals surface area contributed by atoms with Crippen LogP contribution in [0, 0.1) is 5.92 Å². The monoisotopic (exact) mass is 457 g/mol. The number of carbonyl (C=O) groups is 4. The minimum absolute atomic E-state index is 0.00114. The molecule has 0 aliphatic carbocycles.